The first kappa shape index (κ1) is 16.9. The van der Waals surface area contributed by atoms with E-state index in [2.05, 4.69) is 15.5 Å². The van der Waals surface area contributed by atoms with Crippen LogP contribution < -0.4 is 15.5 Å². The van der Waals surface area contributed by atoms with Crippen LogP contribution in [0.5, 0.6) is 0 Å². The Labute approximate surface area is 151 Å². The summed E-state index contributed by atoms with van der Waals surface area (Å²) in [6.45, 7) is 2.20. The highest BCUT2D eigenvalue weighted by molar-refractivity contribution is 6.44. The molecular weight excluding hydrogens is 345 g/mol. The zero-order valence-corrected chi connectivity index (χ0v) is 14.7. The molecule has 0 bridgehead atoms. The molecule has 24 heavy (non-hydrogen) atoms. The summed E-state index contributed by atoms with van der Waals surface area (Å²) >= 11 is 12.0. The Morgan fingerprint density at radius 3 is 2.33 bits per heavy atom. The number of anilines is 3. The molecule has 2 N–H and O–H groups in total. The molecule has 2 aromatic rings. The number of carbonyl (C=O) groups excluding carboxylic acids is 1. The van der Waals surface area contributed by atoms with Crippen molar-refractivity contribution in [3.8, 4) is 0 Å². The Balaban J connectivity index is 1.61. The fourth-order valence-corrected chi connectivity index (χ4v) is 3.14. The van der Waals surface area contributed by atoms with Gasteiger partial charge in [0.2, 0.25) is 0 Å². The SMILES string of the molecule is O=C(Nc1ccc(N2CCCCC2)cc1)Nc1cccc(Cl)c1Cl. The van der Waals surface area contributed by atoms with Crippen LogP contribution in [0.3, 0.4) is 0 Å². The van der Waals surface area contributed by atoms with Gasteiger partial charge >= 0.3 is 6.03 Å². The molecule has 1 saturated heterocycles. The number of amides is 2. The lowest BCUT2D eigenvalue weighted by atomic mass is 10.1. The number of hydrogen-bond acceptors (Lipinski definition) is 2. The number of urea groups is 1. The predicted octanol–water partition coefficient (Wildman–Crippen LogP) is 5.63. The fourth-order valence-electron chi connectivity index (χ4n) is 2.79. The molecule has 1 heterocycles. The summed E-state index contributed by atoms with van der Waals surface area (Å²) in [6, 6.07) is 12.6. The van der Waals surface area contributed by atoms with Gasteiger partial charge in [0.15, 0.2) is 0 Å². The largest absolute Gasteiger partial charge is 0.372 e. The van der Waals surface area contributed by atoms with Crippen LogP contribution in [0.15, 0.2) is 42.5 Å². The summed E-state index contributed by atoms with van der Waals surface area (Å²) in [5, 5.41) is 6.23. The summed E-state index contributed by atoms with van der Waals surface area (Å²) in [5.41, 5.74) is 2.40. The van der Waals surface area contributed by atoms with E-state index in [-0.39, 0.29) is 6.03 Å². The summed E-state index contributed by atoms with van der Waals surface area (Å²) in [5.74, 6) is 0. The van der Waals surface area contributed by atoms with E-state index in [9.17, 15) is 4.79 Å². The zero-order chi connectivity index (χ0) is 16.9. The van der Waals surface area contributed by atoms with Gasteiger partial charge in [-0.3, -0.25) is 0 Å². The van der Waals surface area contributed by atoms with Crippen LogP contribution in [-0.4, -0.2) is 19.1 Å². The van der Waals surface area contributed by atoms with E-state index in [1.54, 1.807) is 18.2 Å². The smallest absolute Gasteiger partial charge is 0.323 e. The van der Waals surface area contributed by atoms with Crippen molar-refractivity contribution in [1.29, 1.82) is 0 Å². The standard InChI is InChI=1S/C18H19Cl2N3O/c19-15-5-4-6-16(17(15)20)22-18(24)21-13-7-9-14(10-8-13)23-11-2-1-3-12-23/h4-10H,1-3,11-12H2,(H2,21,22,24). The molecular formula is C18H19Cl2N3O. The minimum absolute atomic E-state index is 0.328. The van der Waals surface area contributed by atoms with Crippen LogP contribution in [-0.2, 0) is 0 Å². The summed E-state index contributed by atoms with van der Waals surface area (Å²) in [4.78, 5) is 14.5. The van der Waals surface area contributed by atoms with Gasteiger partial charge in [0.05, 0.1) is 15.7 Å². The number of halogens is 2. The molecule has 2 aromatic carbocycles. The summed E-state index contributed by atoms with van der Waals surface area (Å²) in [6.07, 6.45) is 3.79. The first-order valence-electron chi connectivity index (χ1n) is 8.00. The Morgan fingerprint density at radius 2 is 1.62 bits per heavy atom. The number of carbonyl (C=O) groups is 1. The first-order valence-corrected chi connectivity index (χ1v) is 8.76. The highest BCUT2D eigenvalue weighted by atomic mass is 35.5. The molecule has 0 aromatic heterocycles. The Hall–Kier alpha value is -1.91. The lowest BCUT2D eigenvalue weighted by Crippen LogP contribution is -2.29. The third-order valence-electron chi connectivity index (χ3n) is 4.05. The van der Waals surface area contributed by atoms with Crippen molar-refractivity contribution in [3.63, 3.8) is 0 Å². The van der Waals surface area contributed by atoms with Crippen LogP contribution in [0.4, 0.5) is 21.9 Å². The number of piperidine rings is 1. The number of hydrogen-bond donors (Lipinski definition) is 2. The van der Waals surface area contributed by atoms with Crippen molar-refractivity contribution in [2.75, 3.05) is 28.6 Å². The molecule has 1 aliphatic rings. The minimum atomic E-state index is -0.357. The first-order chi connectivity index (χ1) is 11.6. The molecule has 0 radical (unpaired) electrons. The zero-order valence-electron chi connectivity index (χ0n) is 13.2. The van der Waals surface area contributed by atoms with E-state index in [0.29, 0.717) is 15.7 Å². The van der Waals surface area contributed by atoms with Gasteiger partial charge in [-0.1, -0.05) is 29.3 Å². The third kappa shape index (κ3) is 4.13. The van der Waals surface area contributed by atoms with E-state index in [4.69, 9.17) is 23.2 Å². The lowest BCUT2D eigenvalue weighted by molar-refractivity contribution is 0.262. The lowest BCUT2D eigenvalue weighted by Gasteiger charge is -2.28. The molecule has 2 amide bonds. The molecule has 126 valence electrons. The molecule has 1 aliphatic heterocycles. The van der Waals surface area contributed by atoms with Crippen molar-refractivity contribution in [2.45, 2.75) is 19.3 Å². The molecule has 0 aliphatic carbocycles. The molecule has 0 saturated carbocycles. The minimum Gasteiger partial charge on any atom is -0.372 e. The second-order valence-electron chi connectivity index (χ2n) is 5.78. The van der Waals surface area contributed by atoms with Gasteiger partial charge in [-0.25, -0.2) is 4.79 Å². The molecule has 0 atom stereocenters. The van der Waals surface area contributed by atoms with E-state index in [1.165, 1.54) is 24.9 Å². The second kappa shape index (κ2) is 7.77. The molecule has 4 nitrogen and oxygen atoms in total. The summed E-state index contributed by atoms with van der Waals surface area (Å²) in [7, 11) is 0. The maximum absolute atomic E-state index is 12.1. The van der Waals surface area contributed by atoms with E-state index < -0.39 is 0 Å². The Morgan fingerprint density at radius 1 is 0.917 bits per heavy atom. The van der Waals surface area contributed by atoms with Gasteiger partial charge < -0.3 is 15.5 Å². The predicted molar refractivity (Wildman–Crippen MR) is 102 cm³/mol. The molecule has 0 spiro atoms. The monoisotopic (exact) mass is 363 g/mol. The number of rotatable bonds is 3. The van der Waals surface area contributed by atoms with E-state index in [1.807, 2.05) is 24.3 Å². The van der Waals surface area contributed by atoms with Crippen molar-refractivity contribution < 1.29 is 4.79 Å². The third-order valence-corrected chi connectivity index (χ3v) is 4.87. The number of nitrogens with zero attached hydrogens (tertiary/aromatic N) is 1. The van der Waals surface area contributed by atoms with Gasteiger partial charge in [-0.15, -0.1) is 0 Å². The molecule has 3 rings (SSSR count). The highest BCUT2D eigenvalue weighted by Crippen LogP contribution is 2.29. The van der Waals surface area contributed by atoms with Crippen LogP contribution in [0.1, 0.15) is 19.3 Å². The van der Waals surface area contributed by atoms with Gasteiger partial charge in [0, 0.05) is 24.5 Å². The van der Waals surface area contributed by atoms with Crippen LogP contribution in [0.25, 0.3) is 0 Å². The van der Waals surface area contributed by atoms with E-state index >= 15 is 0 Å². The molecule has 6 heteroatoms. The topological polar surface area (TPSA) is 44.4 Å². The number of nitrogens with one attached hydrogen (secondary N) is 2. The van der Waals surface area contributed by atoms with Crippen LogP contribution in [0, 0.1) is 0 Å². The van der Waals surface area contributed by atoms with Crippen LogP contribution in [0.2, 0.25) is 10.0 Å². The van der Waals surface area contributed by atoms with Gasteiger partial charge in [0.25, 0.3) is 0 Å². The van der Waals surface area contributed by atoms with Crippen molar-refractivity contribution in [1.82, 2.24) is 0 Å². The average Bonchev–Trinajstić information content (AvgIpc) is 2.60. The molecule has 0 unspecified atom stereocenters. The van der Waals surface area contributed by atoms with Crippen molar-refractivity contribution in [3.05, 3.63) is 52.5 Å². The maximum atomic E-state index is 12.1. The van der Waals surface area contributed by atoms with Gasteiger partial charge in [-0.2, -0.15) is 0 Å². The Bertz CT molecular complexity index is 713. The average molecular weight is 364 g/mol. The quantitative estimate of drug-likeness (QED) is 0.742. The maximum Gasteiger partial charge on any atom is 0.323 e. The molecule has 1 fully saturated rings. The second-order valence-corrected chi connectivity index (χ2v) is 6.56. The fraction of sp³-hybridized carbons (Fsp3) is 0.278. The number of benzene rings is 2. The Kier molecular flexibility index (Phi) is 5.48. The van der Waals surface area contributed by atoms with Crippen LogP contribution >= 0.6 is 23.2 Å². The van der Waals surface area contributed by atoms with E-state index in [0.717, 1.165) is 18.8 Å². The van der Waals surface area contributed by atoms with Crippen molar-refractivity contribution in [2.24, 2.45) is 0 Å². The van der Waals surface area contributed by atoms with Gasteiger partial charge in [-0.05, 0) is 55.7 Å². The van der Waals surface area contributed by atoms with Crippen molar-refractivity contribution >= 4 is 46.3 Å². The summed E-state index contributed by atoms with van der Waals surface area (Å²) < 4.78 is 0. The highest BCUT2D eigenvalue weighted by Gasteiger charge is 2.11. The van der Waals surface area contributed by atoms with Gasteiger partial charge in [0.1, 0.15) is 0 Å². The normalized spacial score (nSPS) is 14.3.